The second kappa shape index (κ2) is 10.9. The molecular formula is C24H25ClFNO4. The predicted octanol–water partition coefficient (Wildman–Crippen LogP) is 5.24. The van der Waals surface area contributed by atoms with Gasteiger partial charge in [-0.1, -0.05) is 36.4 Å². The minimum atomic E-state index is -0.283. The van der Waals surface area contributed by atoms with Gasteiger partial charge in [0.15, 0.2) is 23.0 Å². The molecule has 0 bridgehead atoms. The summed E-state index contributed by atoms with van der Waals surface area (Å²) >= 11 is 0. The number of hydrogen-bond donors (Lipinski definition) is 1. The maximum Gasteiger partial charge on any atom is 0.231 e. The van der Waals surface area contributed by atoms with Crippen LogP contribution in [0.5, 0.6) is 23.0 Å². The Bertz CT molecular complexity index is 1010. The number of para-hydroxylation sites is 1. The van der Waals surface area contributed by atoms with E-state index in [9.17, 15) is 4.39 Å². The van der Waals surface area contributed by atoms with Crippen molar-refractivity contribution in [1.82, 2.24) is 5.32 Å². The zero-order chi connectivity index (χ0) is 20.8. The standard InChI is InChI=1S/C24H24FNO4.ClH/c1-2-27-22-9-5-7-18(24(22)28-15-19-6-3-4-8-20(19)25)14-26-13-17-10-11-21-23(12-17)30-16-29-21;/h3-12,26H,2,13-16H2,1H3;1H. The highest BCUT2D eigenvalue weighted by atomic mass is 35.5. The van der Waals surface area contributed by atoms with Gasteiger partial charge in [-0.3, -0.25) is 0 Å². The smallest absolute Gasteiger partial charge is 0.231 e. The van der Waals surface area contributed by atoms with Crippen molar-refractivity contribution in [2.75, 3.05) is 13.4 Å². The van der Waals surface area contributed by atoms with Crippen molar-refractivity contribution in [3.8, 4) is 23.0 Å². The summed E-state index contributed by atoms with van der Waals surface area (Å²) in [5.74, 6) is 2.53. The zero-order valence-electron chi connectivity index (χ0n) is 17.2. The van der Waals surface area contributed by atoms with Gasteiger partial charge in [-0.25, -0.2) is 4.39 Å². The average molecular weight is 446 g/mol. The summed E-state index contributed by atoms with van der Waals surface area (Å²) in [7, 11) is 0. The van der Waals surface area contributed by atoms with Crippen molar-refractivity contribution in [2.24, 2.45) is 0 Å². The number of ether oxygens (including phenoxy) is 4. The van der Waals surface area contributed by atoms with Gasteiger partial charge in [0.25, 0.3) is 0 Å². The molecule has 164 valence electrons. The number of benzene rings is 3. The summed E-state index contributed by atoms with van der Waals surface area (Å²) in [5.41, 5.74) is 2.54. The van der Waals surface area contributed by atoms with Gasteiger partial charge >= 0.3 is 0 Å². The van der Waals surface area contributed by atoms with E-state index in [2.05, 4.69) is 5.32 Å². The van der Waals surface area contributed by atoms with Crippen molar-refractivity contribution in [2.45, 2.75) is 26.6 Å². The molecule has 0 atom stereocenters. The summed E-state index contributed by atoms with van der Waals surface area (Å²) < 4.78 is 36.5. The van der Waals surface area contributed by atoms with Crippen LogP contribution in [0.2, 0.25) is 0 Å². The fourth-order valence-electron chi connectivity index (χ4n) is 3.29. The van der Waals surface area contributed by atoms with E-state index in [1.807, 2.05) is 43.3 Å². The van der Waals surface area contributed by atoms with Gasteiger partial charge in [0.1, 0.15) is 12.4 Å². The summed E-state index contributed by atoms with van der Waals surface area (Å²) in [4.78, 5) is 0. The molecule has 1 heterocycles. The van der Waals surface area contributed by atoms with Crippen LogP contribution >= 0.6 is 12.4 Å². The molecule has 0 amide bonds. The topological polar surface area (TPSA) is 49.0 Å². The van der Waals surface area contributed by atoms with Crippen molar-refractivity contribution >= 4 is 12.4 Å². The maximum atomic E-state index is 14.0. The fraction of sp³-hybridized carbons (Fsp3) is 0.250. The van der Waals surface area contributed by atoms with Crippen LogP contribution in [0.25, 0.3) is 0 Å². The molecule has 0 fully saturated rings. The molecule has 0 radical (unpaired) electrons. The lowest BCUT2D eigenvalue weighted by atomic mass is 10.1. The average Bonchev–Trinajstić information content (AvgIpc) is 3.22. The van der Waals surface area contributed by atoms with Crippen LogP contribution in [0.15, 0.2) is 60.7 Å². The lowest BCUT2D eigenvalue weighted by molar-refractivity contribution is 0.174. The molecule has 4 rings (SSSR count). The molecule has 0 spiro atoms. The molecule has 0 aliphatic carbocycles. The van der Waals surface area contributed by atoms with E-state index >= 15 is 0 Å². The molecule has 3 aromatic carbocycles. The van der Waals surface area contributed by atoms with Gasteiger partial charge in [0, 0.05) is 24.2 Å². The van der Waals surface area contributed by atoms with E-state index in [4.69, 9.17) is 18.9 Å². The highest BCUT2D eigenvalue weighted by Crippen LogP contribution is 2.34. The third-order valence-electron chi connectivity index (χ3n) is 4.77. The van der Waals surface area contributed by atoms with Crippen molar-refractivity contribution < 1.29 is 23.3 Å². The third-order valence-corrected chi connectivity index (χ3v) is 4.77. The molecule has 0 unspecified atom stereocenters. The fourth-order valence-corrected chi connectivity index (χ4v) is 3.29. The SMILES string of the molecule is CCOc1cccc(CNCc2ccc3c(c2)OCO3)c1OCc1ccccc1F.Cl. The Labute approximate surface area is 187 Å². The van der Waals surface area contributed by atoms with E-state index in [1.165, 1.54) is 6.07 Å². The molecule has 0 saturated carbocycles. The second-order valence-electron chi connectivity index (χ2n) is 6.85. The minimum Gasteiger partial charge on any atom is -0.490 e. The Morgan fingerprint density at radius 2 is 1.71 bits per heavy atom. The monoisotopic (exact) mass is 445 g/mol. The van der Waals surface area contributed by atoms with Crippen LogP contribution in [-0.2, 0) is 19.7 Å². The molecule has 0 aromatic heterocycles. The third kappa shape index (κ3) is 5.60. The summed E-state index contributed by atoms with van der Waals surface area (Å²) in [5, 5.41) is 3.42. The zero-order valence-corrected chi connectivity index (χ0v) is 18.0. The minimum absolute atomic E-state index is 0. The van der Waals surface area contributed by atoms with E-state index in [0.717, 1.165) is 22.6 Å². The highest BCUT2D eigenvalue weighted by Gasteiger charge is 2.14. The van der Waals surface area contributed by atoms with Crippen LogP contribution in [0, 0.1) is 5.82 Å². The number of fused-ring (bicyclic) bond motifs is 1. The van der Waals surface area contributed by atoms with Crippen molar-refractivity contribution in [1.29, 1.82) is 0 Å². The quantitative estimate of drug-likeness (QED) is 0.488. The Hall–Kier alpha value is -2.96. The van der Waals surface area contributed by atoms with Gasteiger partial charge in [0.05, 0.1) is 6.61 Å². The molecule has 31 heavy (non-hydrogen) atoms. The Balaban J connectivity index is 0.00000272. The molecule has 5 nitrogen and oxygen atoms in total. The van der Waals surface area contributed by atoms with E-state index < -0.39 is 0 Å². The van der Waals surface area contributed by atoms with Gasteiger partial charge in [0.2, 0.25) is 6.79 Å². The second-order valence-corrected chi connectivity index (χ2v) is 6.85. The number of hydrogen-bond acceptors (Lipinski definition) is 5. The summed E-state index contributed by atoms with van der Waals surface area (Å²) in [6, 6.07) is 18.3. The number of rotatable bonds is 9. The Kier molecular flexibility index (Phi) is 7.98. The van der Waals surface area contributed by atoms with E-state index in [0.29, 0.717) is 36.8 Å². The van der Waals surface area contributed by atoms with Crippen LogP contribution in [0.1, 0.15) is 23.6 Å². The molecule has 0 saturated heterocycles. The van der Waals surface area contributed by atoms with Crippen LogP contribution < -0.4 is 24.3 Å². The van der Waals surface area contributed by atoms with Crippen molar-refractivity contribution in [3.63, 3.8) is 0 Å². The first-order valence-corrected chi connectivity index (χ1v) is 9.94. The predicted molar refractivity (Wildman–Crippen MR) is 119 cm³/mol. The lowest BCUT2D eigenvalue weighted by Gasteiger charge is -2.17. The first kappa shape index (κ1) is 22.7. The van der Waals surface area contributed by atoms with E-state index in [1.54, 1.807) is 18.2 Å². The normalized spacial score (nSPS) is 11.7. The van der Waals surface area contributed by atoms with Crippen LogP contribution in [-0.4, -0.2) is 13.4 Å². The Morgan fingerprint density at radius 1 is 0.903 bits per heavy atom. The number of halogens is 2. The van der Waals surface area contributed by atoms with Gasteiger partial charge in [-0.2, -0.15) is 0 Å². The molecule has 7 heteroatoms. The Morgan fingerprint density at radius 3 is 2.55 bits per heavy atom. The summed E-state index contributed by atoms with van der Waals surface area (Å²) in [6.07, 6.45) is 0. The molecule has 1 aliphatic heterocycles. The summed E-state index contributed by atoms with van der Waals surface area (Å²) in [6.45, 7) is 4.06. The van der Waals surface area contributed by atoms with Crippen LogP contribution in [0.4, 0.5) is 4.39 Å². The molecule has 1 N–H and O–H groups in total. The molecular weight excluding hydrogens is 421 g/mol. The van der Waals surface area contributed by atoms with Crippen LogP contribution in [0.3, 0.4) is 0 Å². The van der Waals surface area contributed by atoms with Crippen molar-refractivity contribution in [3.05, 3.63) is 83.2 Å². The molecule has 3 aromatic rings. The lowest BCUT2D eigenvalue weighted by Crippen LogP contribution is -2.14. The number of nitrogens with one attached hydrogen (secondary N) is 1. The highest BCUT2D eigenvalue weighted by molar-refractivity contribution is 5.85. The first-order valence-electron chi connectivity index (χ1n) is 9.94. The van der Waals surface area contributed by atoms with Gasteiger partial charge < -0.3 is 24.3 Å². The van der Waals surface area contributed by atoms with Gasteiger partial charge in [-0.05, 0) is 36.8 Å². The largest absolute Gasteiger partial charge is 0.490 e. The maximum absolute atomic E-state index is 14.0. The van der Waals surface area contributed by atoms with Gasteiger partial charge in [-0.15, -0.1) is 12.4 Å². The molecule has 1 aliphatic rings. The van der Waals surface area contributed by atoms with E-state index in [-0.39, 0.29) is 31.6 Å². The first-order chi connectivity index (χ1) is 14.7.